The molecule has 34 heavy (non-hydrogen) atoms. The van der Waals surface area contributed by atoms with Crippen molar-refractivity contribution in [1.29, 1.82) is 0 Å². The molecule has 0 radical (unpaired) electrons. The Morgan fingerprint density at radius 2 is 1.74 bits per heavy atom. The first-order valence-corrected chi connectivity index (χ1v) is 13.4. The van der Waals surface area contributed by atoms with E-state index in [0.29, 0.717) is 12.4 Å². The number of carbonyl (C=O) groups is 1. The number of halogens is 2. The van der Waals surface area contributed by atoms with Crippen LogP contribution >= 0.6 is 27.5 Å². The van der Waals surface area contributed by atoms with Crippen molar-refractivity contribution >= 4 is 43.5 Å². The van der Waals surface area contributed by atoms with E-state index < -0.39 is 22.0 Å². The summed E-state index contributed by atoms with van der Waals surface area (Å²) in [6.45, 7) is 4.06. The molecular formula is C25H26BrClN2O4S. The number of carbonyl (C=O) groups excluding carboxylic acids is 1. The quantitative estimate of drug-likeness (QED) is 0.351. The molecule has 180 valence electrons. The Morgan fingerprint density at radius 1 is 1.06 bits per heavy atom. The van der Waals surface area contributed by atoms with Gasteiger partial charge in [0.2, 0.25) is 15.9 Å². The van der Waals surface area contributed by atoms with Crippen molar-refractivity contribution < 1.29 is 17.9 Å². The molecule has 0 aromatic heterocycles. The molecule has 0 heterocycles. The predicted molar refractivity (Wildman–Crippen MR) is 138 cm³/mol. The highest BCUT2D eigenvalue weighted by Crippen LogP contribution is 2.27. The molecule has 0 saturated carbocycles. The SMILES string of the molecule is CCOc1ccc(S(=O)(=O)N[C@H](Cc2ccccc2)C(=O)N[C@H](C)c2ccc(Br)cc2)cc1Cl. The summed E-state index contributed by atoms with van der Waals surface area (Å²) in [5.74, 6) is -0.0371. The summed E-state index contributed by atoms with van der Waals surface area (Å²) in [5.41, 5.74) is 1.72. The third-order valence-corrected chi connectivity index (χ3v) is 7.43. The van der Waals surface area contributed by atoms with E-state index >= 15 is 0 Å². The van der Waals surface area contributed by atoms with E-state index in [1.807, 2.05) is 68.4 Å². The summed E-state index contributed by atoms with van der Waals surface area (Å²) in [7, 11) is -4.04. The van der Waals surface area contributed by atoms with Crippen LogP contribution in [-0.4, -0.2) is 27.0 Å². The largest absolute Gasteiger partial charge is 0.492 e. The maximum absolute atomic E-state index is 13.2. The van der Waals surface area contributed by atoms with E-state index in [-0.39, 0.29) is 22.4 Å². The summed E-state index contributed by atoms with van der Waals surface area (Å²) in [6.07, 6.45) is 0.184. The van der Waals surface area contributed by atoms with Crippen molar-refractivity contribution in [3.8, 4) is 5.75 Å². The van der Waals surface area contributed by atoms with Gasteiger partial charge in [0, 0.05) is 4.47 Å². The van der Waals surface area contributed by atoms with Gasteiger partial charge in [-0.25, -0.2) is 8.42 Å². The molecule has 0 spiro atoms. The predicted octanol–water partition coefficient (Wildman–Crippen LogP) is 5.27. The van der Waals surface area contributed by atoms with Gasteiger partial charge < -0.3 is 10.1 Å². The van der Waals surface area contributed by atoms with Crippen molar-refractivity contribution in [2.45, 2.75) is 37.2 Å². The smallest absolute Gasteiger partial charge is 0.241 e. The van der Waals surface area contributed by atoms with E-state index in [1.54, 1.807) is 0 Å². The Labute approximate surface area is 213 Å². The zero-order chi connectivity index (χ0) is 24.7. The third kappa shape index (κ3) is 7.06. The second-order valence-corrected chi connectivity index (χ2v) is 10.7. The van der Waals surface area contributed by atoms with Gasteiger partial charge in [-0.3, -0.25) is 4.79 Å². The monoisotopic (exact) mass is 564 g/mol. The molecule has 0 fully saturated rings. The lowest BCUT2D eigenvalue weighted by Crippen LogP contribution is -2.48. The second-order valence-electron chi connectivity index (χ2n) is 7.67. The molecule has 2 N–H and O–H groups in total. The van der Waals surface area contributed by atoms with E-state index in [1.165, 1.54) is 18.2 Å². The third-order valence-electron chi connectivity index (χ3n) is 5.14. The molecule has 3 aromatic rings. The van der Waals surface area contributed by atoms with E-state index in [0.717, 1.165) is 15.6 Å². The number of benzene rings is 3. The first-order valence-electron chi connectivity index (χ1n) is 10.7. The molecule has 0 unspecified atom stereocenters. The number of rotatable bonds is 10. The number of nitrogens with one attached hydrogen (secondary N) is 2. The lowest BCUT2D eigenvalue weighted by molar-refractivity contribution is -0.123. The van der Waals surface area contributed by atoms with Crippen molar-refractivity contribution in [3.63, 3.8) is 0 Å². The fraction of sp³-hybridized carbons (Fsp3) is 0.240. The van der Waals surface area contributed by atoms with E-state index in [2.05, 4.69) is 26.0 Å². The van der Waals surface area contributed by atoms with Crippen LogP contribution in [0, 0.1) is 0 Å². The van der Waals surface area contributed by atoms with Gasteiger partial charge in [-0.05, 0) is 61.7 Å². The molecule has 0 aliphatic carbocycles. The van der Waals surface area contributed by atoms with Gasteiger partial charge in [0.15, 0.2) is 0 Å². The van der Waals surface area contributed by atoms with Crippen LogP contribution in [0.25, 0.3) is 0 Å². The fourth-order valence-corrected chi connectivity index (χ4v) is 5.15. The lowest BCUT2D eigenvalue weighted by atomic mass is 10.0. The normalized spacial score (nSPS) is 13.2. The minimum atomic E-state index is -4.04. The Balaban J connectivity index is 1.84. The standard InChI is InChI=1S/C25H26BrClN2O4S/c1-3-33-24-14-13-21(16-22(24)27)34(31,32)29-23(15-18-7-5-4-6-8-18)25(30)28-17(2)19-9-11-20(26)12-10-19/h4-14,16-17,23,29H,3,15H2,1-2H3,(H,28,30)/t17-,23-/m1/s1. The van der Waals surface area contributed by atoms with E-state index in [9.17, 15) is 13.2 Å². The van der Waals surface area contributed by atoms with Crippen molar-refractivity contribution in [1.82, 2.24) is 10.0 Å². The second kappa shape index (κ2) is 11.8. The number of amides is 1. The van der Waals surface area contributed by atoms with Crippen LogP contribution in [0.5, 0.6) is 5.75 Å². The fourth-order valence-electron chi connectivity index (χ4n) is 3.36. The molecule has 9 heteroatoms. The molecule has 3 rings (SSSR count). The van der Waals surface area contributed by atoms with Crippen LogP contribution < -0.4 is 14.8 Å². The number of ether oxygens (including phenoxy) is 1. The number of hydrogen-bond acceptors (Lipinski definition) is 4. The van der Waals surface area contributed by atoms with Gasteiger partial charge in [0.05, 0.1) is 22.6 Å². The summed E-state index contributed by atoms with van der Waals surface area (Å²) in [5, 5.41) is 3.10. The first-order chi connectivity index (χ1) is 16.2. The highest BCUT2D eigenvalue weighted by atomic mass is 79.9. The topological polar surface area (TPSA) is 84.5 Å². The lowest BCUT2D eigenvalue weighted by Gasteiger charge is -2.22. The van der Waals surface area contributed by atoms with Crippen molar-refractivity contribution in [2.75, 3.05) is 6.61 Å². The highest BCUT2D eigenvalue weighted by Gasteiger charge is 2.27. The van der Waals surface area contributed by atoms with Gasteiger partial charge in [-0.1, -0.05) is 70.0 Å². The minimum Gasteiger partial charge on any atom is -0.492 e. The maximum atomic E-state index is 13.2. The molecule has 0 bridgehead atoms. The Morgan fingerprint density at radius 3 is 2.35 bits per heavy atom. The first kappa shape index (κ1) is 26.2. The maximum Gasteiger partial charge on any atom is 0.241 e. The molecule has 0 aliphatic rings. The Kier molecular flexibility index (Phi) is 9.13. The van der Waals surface area contributed by atoms with Gasteiger partial charge >= 0.3 is 0 Å². The molecular weight excluding hydrogens is 540 g/mol. The summed E-state index contributed by atoms with van der Waals surface area (Å²) in [6, 6.07) is 19.7. The van der Waals surface area contributed by atoms with Crippen LogP contribution in [0.1, 0.15) is 31.0 Å². The van der Waals surface area contributed by atoms with Crippen LogP contribution in [0.15, 0.2) is 82.2 Å². The minimum absolute atomic E-state index is 0.0484. The molecule has 0 saturated heterocycles. The Bertz CT molecular complexity index is 1220. The van der Waals surface area contributed by atoms with E-state index in [4.69, 9.17) is 16.3 Å². The van der Waals surface area contributed by atoms with Gasteiger partial charge in [-0.2, -0.15) is 4.72 Å². The molecule has 3 aromatic carbocycles. The van der Waals surface area contributed by atoms with Gasteiger partial charge in [-0.15, -0.1) is 0 Å². The number of hydrogen-bond donors (Lipinski definition) is 2. The molecule has 6 nitrogen and oxygen atoms in total. The summed E-state index contributed by atoms with van der Waals surface area (Å²) in [4.78, 5) is 13.2. The zero-order valence-corrected chi connectivity index (χ0v) is 22.0. The molecule has 0 aliphatic heterocycles. The average molecular weight is 566 g/mol. The van der Waals surface area contributed by atoms with Crippen LogP contribution in [0.3, 0.4) is 0 Å². The zero-order valence-electron chi connectivity index (χ0n) is 18.8. The molecule has 2 atom stereocenters. The average Bonchev–Trinajstić information content (AvgIpc) is 2.81. The van der Waals surface area contributed by atoms with Crippen LogP contribution in [0.2, 0.25) is 5.02 Å². The molecule has 1 amide bonds. The summed E-state index contributed by atoms with van der Waals surface area (Å²) >= 11 is 9.59. The Hall–Kier alpha value is -2.39. The van der Waals surface area contributed by atoms with Crippen LogP contribution in [-0.2, 0) is 21.2 Å². The van der Waals surface area contributed by atoms with Crippen LogP contribution in [0.4, 0.5) is 0 Å². The number of sulfonamides is 1. The van der Waals surface area contributed by atoms with Crippen molar-refractivity contribution in [3.05, 3.63) is 93.4 Å². The highest BCUT2D eigenvalue weighted by molar-refractivity contribution is 9.10. The van der Waals surface area contributed by atoms with Crippen molar-refractivity contribution in [2.24, 2.45) is 0 Å². The summed E-state index contributed by atoms with van der Waals surface area (Å²) < 4.78 is 35.2. The van der Waals surface area contributed by atoms with Gasteiger partial charge in [0.25, 0.3) is 0 Å². The van der Waals surface area contributed by atoms with Gasteiger partial charge in [0.1, 0.15) is 11.8 Å².